The minimum absolute atomic E-state index is 0.331. The van der Waals surface area contributed by atoms with E-state index >= 15 is 0 Å². The van der Waals surface area contributed by atoms with Crippen molar-refractivity contribution in [2.75, 3.05) is 11.4 Å². The van der Waals surface area contributed by atoms with Crippen molar-refractivity contribution in [2.45, 2.75) is 32.7 Å². The molecule has 1 aromatic rings. The van der Waals surface area contributed by atoms with Gasteiger partial charge < -0.3 is 10.4 Å². The van der Waals surface area contributed by atoms with Crippen LogP contribution in [0.5, 0.6) is 0 Å². The van der Waals surface area contributed by atoms with Crippen LogP contribution in [0.2, 0.25) is 0 Å². The standard InChI is InChI=1S/C15H20N2O3/c1-3-10(2)9-16-15(20)17-12-7-5-4-6-11(12)8-13(17)14(18)19/h4-7,10,13H,3,8-9H2,1-2H3,(H,16,20)(H,18,19)/t10?,13-/m0/s1. The summed E-state index contributed by atoms with van der Waals surface area (Å²) >= 11 is 0. The van der Waals surface area contributed by atoms with Gasteiger partial charge in [0.05, 0.1) is 0 Å². The van der Waals surface area contributed by atoms with Crippen LogP contribution < -0.4 is 10.2 Å². The zero-order valence-corrected chi connectivity index (χ0v) is 11.8. The average molecular weight is 276 g/mol. The Balaban J connectivity index is 2.18. The highest BCUT2D eigenvalue weighted by Gasteiger charge is 2.38. The molecule has 1 aliphatic rings. The number of carbonyl (C=O) groups is 2. The molecular weight excluding hydrogens is 256 g/mol. The molecule has 0 radical (unpaired) electrons. The fraction of sp³-hybridized carbons (Fsp3) is 0.467. The zero-order chi connectivity index (χ0) is 14.7. The molecule has 1 heterocycles. The third-order valence-electron chi connectivity index (χ3n) is 3.78. The fourth-order valence-electron chi connectivity index (χ4n) is 2.33. The lowest BCUT2D eigenvalue weighted by Crippen LogP contribution is -2.48. The van der Waals surface area contributed by atoms with Gasteiger partial charge in [-0.3, -0.25) is 4.90 Å². The van der Waals surface area contributed by atoms with Crippen molar-refractivity contribution in [1.29, 1.82) is 0 Å². The summed E-state index contributed by atoms with van der Waals surface area (Å²) in [7, 11) is 0. The van der Waals surface area contributed by atoms with Crippen molar-refractivity contribution in [1.82, 2.24) is 5.32 Å². The highest BCUT2D eigenvalue weighted by molar-refractivity contribution is 6.01. The molecule has 20 heavy (non-hydrogen) atoms. The summed E-state index contributed by atoms with van der Waals surface area (Å²) in [4.78, 5) is 25.0. The first-order chi connectivity index (χ1) is 9.54. The van der Waals surface area contributed by atoms with Gasteiger partial charge in [0, 0.05) is 18.7 Å². The molecule has 1 unspecified atom stereocenters. The maximum atomic E-state index is 12.3. The van der Waals surface area contributed by atoms with E-state index in [1.165, 1.54) is 4.90 Å². The van der Waals surface area contributed by atoms with Crippen LogP contribution in [-0.4, -0.2) is 29.7 Å². The van der Waals surface area contributed by atoms with Gasteiger partial charge in [-0.2, -0.15) is 0 Å². The number of urea groups is 1. The Labute approximate surface area is 118 Å². The molecular formula is C15H20N2O3. The second-order valence-electron chi connectivity index (χ2n) is 5.26. The summed E-state index contributed by atoms with van der Waals surface area (Å²) in [6.07, 6.45) is 1.33. The van der Waals surface area contributed by atoms with E-state index in [4.69, 9.17) is 0 Å². The Morgan fingerprint density at radius 3 is 2.80 bits per heavy atom. The van der Waals surface area contributed by atoms with E-state index in [0.717, 1.165) is 12.0 Å². The van der Waals surface area contributed by atoms with Gasteiger partial charge in [-0.1, -0.05) is 38.5 Å². The van der Waals surface area contributed by atoms with Crippen molar-refractivity contribution < 1.29 is 14.7 Å². The molecule has 1 aromatic carbocycles. The van der Waals surface area contributed by atoms with Gasteiger partial charge in [0.1, 0.15) is 6.04 Å². The molecule has 108 valence electrons. The summed E-state index contributed by atoms with van der Waals surface area (Å²) in [5.74, 6) is -0.597. The molecule has 2 N–H and O–H groups in total. The maximum Gasteiger partial charge on any atom is 0.327 e. The van der Waals surface area contributed by atoms with Crippen LogP contribution in [0.15, 0.2) is 24.3 Å². The molecule has 2 rings (SSSR count). The van der Waals surface area contributed by atoms with E-state index in [9.17, 15) is 14.7 Å². The highest BCUT2D eigenvalue weighted by Crippen LogP contribution is 2.32. The second kappa shape index (κ2) is 5.94. The van der Waals surface area contributed by atoms with Crippen LogP contribution in [-0.2, 0) is 11.2 Å². The Hall–Kier alpha value is -2.04. The quantitative estimate of drug-likeness (QED) is 0.886. The van der Waals surface area contributed by atoms with Gasteiger partial charge in [-0.15, -0.1) is 0 Å². The number of carbonyl (C=O) groups excluding carboxylic acids is 1. The second-order valence-corrected chi connectivity index (χ2v) is 5.26. The normalized spacial score (nSPS) is 18.5. The molecule has 0 aromatic heterocycles. The van der Waals surface area contributed by atoms with Crippen molar-refractivity contribution in [3.63, 3.8) is 0 Å². The van der Waals surface area contributed by atoms with E-state index in [0.29, 0.717) is 24.6 Å². The molecule has 0 bridgehead atoms. The van der Waals surface area contributed by atoms with E-state index in [1.807, 2.05) is 25.1 Å². The van der Waals surface area contributed by atoms with Gasteiger partial charge in [-0.05, 0) is 17.5 Å². The third kappa shape index (κ3) is 2.76. The van der Waals surface area contributed by atoms with Crippen LogP contribution in [0.25, 0.3) is 0 Å². The summed E-state index contributed by atoms with van der Waals surface area (Å²) in [6, 6.07) is 6.19. The number of carboxylic acids is 1. The number of fused-ring (bicyclic) bond motifs is 1. The summed E-state index contributed by atoms with van der Waals surface area (Å²) < 4.78 is 0. The minimum Gasteiger partial charge on any atom is -0.480 e. The van der Waals surface area contributed by atoms with E-state index in [-0.39, 0.29) is 6.03 Å². The van der Waals surface area contributed by atoms with Crippen molar-refractivity contribution in [2.24, 2.45) is 5.92 Å². The van der Waals surface area contributed by atoms with Gasteiger partial charge in [0.25, 0.3) is 0 Å². The van der Waals surface area contributed by atoms with Gasteiger partial charge >= 0.3 is 12.0 Å². The molecule has 2 amide bonds. The average Bonchev–Trinajstić information content (AvgIpc) is 2.84. The number of hydrogen-bond acceptors (Lipinski definition) is 2. The van der Waals surface area contributed by atoms with Crippen LogP contribution in [0.4, 0.5) is 10.5 Å². The fourth-order valence-corrected chi connectivity index (χ4v) is 2.33. The van der Waals surface area contributed by atoms with E-state index in [1.54, 1.807) is 6.07 Å². The van der Waals surface area contributed by atoms with Crippen molar-refractivity contribution >= 4 is 17.7 Å². The first-order valence-electron chi connectivity index (χ1n) is 6.92. The predicted octanol–water partition coefficient (Wildman–Crippen LogP) is 2.26. The van der Waals surface area contributed by atoms with Gasteiger partial charge in [0.2, 0.25) is 0 Å². The van der Waals surface area contributed by atoms with Crippen LogP contribution in [0, 0.1) is 5.92 Å². The molecule has 0 aliphatic carbocycles. The molecule has 2 atom stereocenters. The van der Waals surface area contributed by atoms with Crippen LogP contribution in [0.1, 0.15) is 25.8 Å². The van der Waals surface area contributed by atoms with Crippen LogP contribution in [0.3, 0.4) is 0 Å². The lowest BCUT2D eigenvalue weighted by atomic mass is 10.1. The smallest absolute Gasteiger partial charge is 0.327 e. The monoisotopic (exact) mass is 276 g/mol. The maximum absolute atomic E-state index is 12.3. The Kier molecular flexibility index (Phi) is 4.27. The molecule has 0 fully saturated rings. The Morgan fingerprint density at radius 1 is 1.45 bits per heavy atom. The summed E-state index contributed by atoms with van der Waals surface area (Å²) in [5.41, 5.74) is 1.60. The lowest BCUT2D eigenvalue weighted by Gasteiger charge is -2.23. The minimum atomic E-state index is -0.972. The number of nitrogens with zero attached hydrogens (tertiary/aromatic N) is 1. The largest absolute Gasteiger partial charge is 0.480 e. The topological polar surface area (TPSA) is 69.6 Å². The Bertz CT molecular complexity index is 516. The van der Waals surface area contributed by atoms with Gasteiger partial charge in [-0.25, -0.2) is 9.59 Å². The number of hydrogen-bond donors (Lipinski definition) is 2. The Morgan fingerprint density at radius 2 is 2.15 bits per heavy atom. The molecule has 0 saturated heterocycles. The number of rotatable bonds is 4. The number of nitrogens with one attached hydrogen (secondary N) is 1. The number of para-hydroxylation sites is 1. The highest BCUT2D eigenvalue weighted by atomic mass is 16.4. The summed E-state index contributed by atoms with van der Waals surface area (Å²) in [6.45, 7) is 4.66. The first kappa shape index (κ1) is 14.4. The van der Waals surface area contributed by atoms with Crippen molar-refractivity contribution in [3.8, 4) is 0 Å². The zero-order valence-electron chi connectivity index (χ0n) is 11.8. The first-order valence-corrected chi connectivity index (χ1v) is 6.92. The van der Waals surface area contributed by atoms with Crippen LogP contribution >= 0.6 is 0 Å². The molecule has 0 saturated carbocycles. The molecule has 5 heteroatoms. The third-order valence-corrected chi connectivity index (χ3v) is 3.78. The van der Waals surface area contributed by atoms with E-state index < -0.39 is 12.0 Å². The molecule has 0 spiro atoms. The lowest BCUT2D eigenvalue weighted by molar-refractivity contribution is -0.138. The van der Waals surface area contributed by atoms with Gasteiger partial charge in [0.15, 0.2) is 0 Å². The number of aliphatic carboxylic acids is 1. The van der Waals surface area contributed by atoms with Crippen molar-refractivity contribution in [3.05, 3.63) is 29.8 Å². The predicted molar refractivity (Wildman–Crippen MR) is 76.9 cm³/mol. The molecule has 1 aliphatic heterocycles. The van der Waals surface area contributed by atoms with E-state index in [2.05, 4.69) is 12.2 Å². The number of anilines is 1. The number of benzene rings is 1. The summed E-state index contributed by atoms with van der Waals surface area (Å²) in [5, 5.41) is 12.1. The number of carboxylic acid groups (broad SMARTS) is 1. The number of amides is 2. The molecule has 5 nitrogen and oxygen atoms in total. The SMILES string of the molecule is CCC(C)CNC(=O)N1c2ccccc2C[C@H]1C(=O)O.